The van der Waals surface area contributed by atoms with Gasteiger partial charge >= 0.3 is 12.1 Å². The van der Waals surface area contributed by atoms with E-state index in [2.05, 4.69) is 0 Å². The lowest BCUT2D eigenvalue weighted by atomic mass is 9.86. The van der Waals surface area contributed by atoms with Gasteiger partial charge in [0.2, 0.25) is 6.29 Å². The molecule has 104 valence electrons. The number of carbonyl (C=O) groups is 1. The molecule has 1 aromatic carbocycles. The number of benzene rings is 1. The van der Waals surface area contributed by atoms with Crippen molar-refractivity contribution in [3.8, 4) is 0 Å². The van der Waals surface area contributed by atoms with Gasteiger partial charge in [-0.3, -0.25) is 4.79 Å². The van der Waals surface area contributed by atoms with Gasteiger partial charge in [0.25, 0.3) is 0 Å². The van der Waals surface area contributed by atoms with Gasteiger partial charge in [-0.25, -0.2) is 0 Å². The van der Waals surface area contributed by atoms with E-state index >= 15 is 0 Å². The van der Waals surface area contributed by atoms with E-state index in [9.17, 15) is 18.0 Å². The van der Waals surface area contributed by atoms with Crippen LogP contribution in [0.15, 0.2) is 24.3 Å². The maximum Gasteiger partial charge on any atom is 0.421 e. The molecule has 0 aromatic heterocycles. The number of esters is 1. The van der Waals surface area contributed by atoms with Gasteiger partial charge in [-0.15, -0.1) is 0 Å². The zero-order chi connectivity index (χ0) is 14.3. The molecule has 3 nitrogen and oxygen atoms in total. The van der Waals surface area contributed by atoms with Crippen LogP contribution in [-0.4, -0.2) is 18.4 Å². The molecule has 0 spiro atoms. The summed E-state index contributed by atoms with van der Waals surface area (Å²) in [6, 6.07) is 6.13. The highest BCUT2D eigenvalue weighted by Gasteiger charge is 2.57. The number of rotatable bonds is 1. The minimum absolute atomic E-state index is 0.0610. The second kappa shape index (κ2) is 4.52. The maximum atomic E-state index is 13.2. The molecule has 0 saturated carbocycles. The lowest BCUT2D eigenvalue weighted by Gasteiger charge is -2.40. The van der Waals surface area contributed by atoms with Crippen LogP contribution in [0.25, 0.3) is 0 Å². The average Bonchev–Trinajstić information content (AvgIpc) is 2.26. The van der Waals surface area contributed by atoms with Crippen LogP contribution in [0.5, 0.6) is 0 Å². The summed E-state index contributed by atoms with van der Waals surface area (Å²) < 4.78 is 49.5. The van der Waals surface area contributed by atoms with Crippen molar-refractivity contribution in [1.82, 2.24) is 0 Å². The lowest BCUT2D eigenvalue weighted by molar-refractivity contribution is -0.324. The standard InChI is InChI=1S/C13H13F3O3/c1-8(17)18-11-7-9-5-3-4-6-10(9)12(2,19-11)13(14,15)16/h3-6,11H,7H2,1-2H3. The zero-order valence-corrected chi connectivity index (χ0v) is 10.5. The SMILES string of the molecule is CC(=O)OC1Cc2ccccc2C(C)(C(F)(F)F)O1. The number of hydrogen-bond donors (Lipinski definition) is 0. The highest BCUT2D eigenvalue weighted by molar-refractivity contribution is 5.66. The predicted octanol–water partition coefficient (Wildman–Crippen LogP) is 2.93. The average molecular weight is 274 g/mol. The summed E-state index contributed by atoms with van der Waals surface area (Å²) in [5.41, 5.74) is -1.94. The van der Waals surface area contributed by atoms with Crippen molar-refractivity contribution in [2.75, 3.05) is 0 Å². The molecule has 19 heavy (non-hydrogen) atoms. The van der Waals surface area contributed by atoms with Gasteiger partial charge in [0, 0.05) is 13.3 Å². The fraction of sp³-hybridized carbons (Fsp3) is 0.462. The Morgan fingerprint density at radius 1 is 1.42 bits per heavy atom. The van der Waals surface area contributed by atoms with Gasteiger partial charge in [-0.2, -0.15) is 13.2 Å². The molecule has 6 heteroatoms. The molecule has 1 aromatic rings. The van der Waals surface area contributed by atoms with Crippen molar-refractivity contribution in [3.63, 3.8) is 0 Å². The van der Waals surface area contributed by atoms with Gasteiger partial charge in [0.1, 0.15) is 0 Å². The van der Waals surface area contributed by atoms with Crippen LogP contribution in [0.4, 0.5) is 13.2 Å². The predicted molar refractivity (Wildman–Crippen MR) is 60.2 cm³/mol. The zero-order valence-electron chi connectivity index (χ0n) is 10.5. The van der Waals surface area contributed by atoms with Crippen molar-refractivity contribution in [3.05, 3.63) is 35.4 Å². The largest absolute Gasteiger partial charge is 0.436 e. The van der Waals surface area contributed by atoms with Crippen LogP contribution in [0.3, 0.4) is 0 Å². The Balaban J connectivity index is 2.45. The number of carbonyl (C=O) groups excluding carboxylic acids is 1. The molecule has 1 aliphatic rings. The first-order valence-corrected chi connectivity index (χ1v) is 5.74. The summed E-state index contributed by atoms with van der Waals surface area (Å²) >= 11 is 0. The van der Waals surface area contributed by atoms with E-state index in [-0.39, 0.29) is 12.0 Å². The molecule has 0 N–H and O–H groups in total. The first kappa shape index (κ1) is 13.9. The minimum atomic E-state index is -4.60. The summed E-state index contributed by atoms with van der Waals surface area (Å²) in [7, 11) is 0. The van der Waals surface area contributed by atoms with E-state index in [1.165, 1.54) is 12.1 Å². The van der Waals surface area contributed by atoms with E-state index in [1.807, 2.05) is 0 Å². The molecular weight excluding hydrogens is 261 g/mol. The second-order valence-electron chi connectivity index (χ2n) is 4.55. The van der Waals surface area contributed by atoms with Crippen LogP contribution in [-0.2, 0) is 26.3 Å². The molecule has 2 atom stereocenters. The Bertz CT molecular complexity index is 498. The smallest absolute Gasteiger partial charge is 0.421 e. The fourth-order valence-corrected chi connectivity index (χ4v) is 2.18. The van der Waals surface area contributed by atoms with E-state index < -0.39 is 24.0 Å². The Kier molecular flexibility index (Phi) is 3.30. The quantitative estimate of drug-likeness (QED) is 0.739. The monoisotopic (exact) mass is 274 g/mol. The molecular formula is C13H13F3O3. The highest BCUT2D eigenvalue weighted by Crippen LogP contribution is 2.46. The van der Waals surface area contributed by atoms with Crippen molar-refractivity contribution in [2.45, 2.75) is 38.3 Å². The summed E-state index contributed by atoms with van der Waals surface area (Å²) in [5.74, 6) is -0.672. The minimum Gasteiger partial charge on any atom is -0.436 e. The van der Waals surface area contributed by atoms with Gasteiger partial charge in [0.05, 0.1) is 0 Å². The summed E-state index contributed by atoms with van der Waals surface area (Å²) in [5, 5.41) is 0. The highest BCUT2D eigenvalue weighted by atomic mass is 19.4. The number of fused-ring (bicyclic) bond motifs is 1. The lowest BCUT2D eigenvalue weighted by Crippen LogP contribution is -2.49. The molecule has 0 saturated heterocycles. The number of halogens is 3. The van der Waals surface area contributed by atoms with Crippen LogP contribution in [0.2, 0.25) is 0 Å². The summed E-state index contributed by atoms with van der Waals surface area (Å²) in [4.78, 5) is 10.9. The molecule has 2 rings (SSSR count). The third-order valence-electron chi connectivity index (χ3n) is 3.12. The molecule has 0 fully saturated rings. The Hall–Kier alpha value is -1.56. The Morgan fingerprint density at radius 2 is 2.05 bits per heavy atom. The van der Waals surface area contributed by atoms with Crippen molar-refractivity contribution >= 4 is 5.97 Å². The molecule has 0 aliphatic carbocycles. The van der Waals surface area contributed by atoms with Gasteiger partial charge < -0.3 is 9.47 Å². The third kappa shape index (κ3) is 2.45. The van der Waals surface area contributed by atoms with Crippen molar-refractivity contribution < 1.29 is 27.4 Å². The van der Waals surface area contributed by atoms with Gasteiger partial charge in [0.15, 0.2) is 5.60 Å². The number of hydrogen-bond acceptors (Lipinski definition) is 3. The van der Waals surface area contributed by atoms with Gasteiger partial charge in [-0.05, 0) is 18.1 Å². The number of alkyl halides is 3. The molecule has 0 amide bonds. The molecule has 1 heterocycles. The van der Waals surface area contributed by atoms with E-state index in [0.717, 1.165) is 13.8 Å². The Morgan fingerprint density at radius 3 is 2.63 bits per heavy atom. The van der Waals surface area contributed by atoms with E-state index in [4.69, 9.17) is 9.47 Å². The van der Waals surface area contributed by atoms with Crippen LogP contribution >= 0.6 is 0 Å². The number of ether oxygens (including phenoxy) is 2. The van der Waals surface area contributed by atoms with Crippen molar-refractivity contribution in [1.29, 1.82) is 0 Å². The molecule has 2 unspecified atom stereocenters. The second-order valence-corrected chi connectivity index (χ2v) is 4.55. The molecule has 0 radical (unpaired) electrons. The topological polar surface area (TPSA) is 35.5 Å². The molecule has 1 aliphatic heterocycles. The summed E-state index contributed by atoms with van der Waals surface area (Å²) in [6.07, 6.45) is -5.71. The van der Waals surface area contributed by atoms with Crippen LogP contribution < -0.4 is 0 Å². The van der Waals surface area contributed by atoms with Crippen molar-refractivity contribution in [2.24, 2.45) is 0 Å². The Labute approximate surface area is 108 Å². The first-order valence-electron chi connectivity index (χ1n) is 5.74. The fourth-order valence-electron chi connectivity index (χ4n) is 2.18. The normalized spacial score (nSPS) is 26.7. The van der Waals surface area contributed by atoms with Gasteiger partial charge in [-0.1, -0.05) is 24.3 Å². The van der Waals surface area contributed by atoms with Crippen LogP contribution in [0.1, 0.15) is 25.0 Å². The molecule has 0 bridgehead atoms. The summed E-state index contributed by atoms with van der Waals surface area (Å²) in [6.45, 7) is 2.08. The van der Waals surface area contributed by atoms with E-state index in [1.54, 1.807) is 12.1 Å². The van der Waals surface area contributed by atoms with Crippen LogP contribution in [0, 0.1) is 0 Å². The third-order valence-corrected chi connectivity index (χ3v) is 3.12. The van der Waals surface area contributed by atoms with E-state index in [0.29, 0.717) is 5.56 Å². The first-order chi connectivity index (χ1) is 8.74. The maximum absolute atomic E-state index is 13.2.